The Balaban J connectivity index is 1.92. The van der Waals surface area contributed by atoms with Crippen LogP contribution >= 0.6 is 0 Å². The van der Waals surface area contributed by atoms with Gasteiger partial charge < -0.3 is 15.4 Å². The van der Waals surface area contributed by atoms with Crippen LogP contribution in [0.25, 0.3) is 10.9 Å². The molecule has 106 valence electrons. The predicted molar refractivity (Wildman–Crippen MR) is 84.7 cm³/mol. The first-order valence-electron chi connectivity index (χ1n) is 6.78. The molecule has 21 heavy (non-hydrogen) atoms. The highest BCUT2D eigenvalue weighted by molar-refractivity contribution is 5.79. The number of phenols is 1. The number of nitrogens with one attached hydrogen (secondary N) is 2. The Hall–Kier alpha value is -2.75. The van der Waals surface area contributed by atoms with Crippen LogP contribution in [0.3, 0.4) is 0 Å². The van der Waals surface area contributed by atoms with Gasteiger partial charge in [-0.3, -0.25) is 4.79 Å². The highest BCUT2D eigenvalue weighted by atomic mass is 16.3. The van der Waals surface area contributed by atoms with Crippen LogP contribution in [0.5, 0.6) is 5.75 Å². The Morgan fingerprint density at radius 2 is 1.95 bits per heavy atom. The summed E-state index contributed by atoms with van der Waals surface area (Å²) in [6.45, 7) is 2.38. The van der Waals surface area contributed by atoms with E-state index in [4.69, 9.17) is 0 Å². The van der Waals surface area contributed by atoms with Crippen molar-refractivity contribution in [1.82, 2.24) is 4.98 Å². The zero-order valence-electron chi connectivity index (χ0n) is 11.7. The number of H-pyrrole nitrogens is 1. The highest BCUT2D eigenvalue weighted by Crippen LogP contribution is 2.22. The molecule has 3 aromatic rings. The zero-order valence-corrected chi connectivity index (χ0v) is 11.7. The maximum Gasteiger partial charge on any atom is 0.253 e. The van der Waals surface area contributed by atoms with Crippen molar-refractivity contribution in [1.29, 1.82) is 0 Å². The number of aromatic amines is 1. The molecule has 0 aliphatic rings. The van der Waals surface area contributed by atoms with E-state index in [1.54, 1.807) is 18.2 Å². The Morgan fingerprint density at radius 3 is 2.76 bits per heavy atom. The monoisotopic (exact) mass is 280 g/mol. The summed E-state index contributed by atoms with van der Waals surface area (Å²) in [5.41, 5.74) is 3.11. The molecule has 1 heterocycles. The number of pyridine rings is 1. The second kappa shape index (κ2) is 5.32. The third-order valence-electron chi connectivity index (χ3n) is 3.45. The van der Waals surface area contributed by atoms with Crippen LogP contribution in [0.1, 0.15) is 11.1 Å². The van der Waals surface area contributed by atoms with Gasteiger partial charge in [-0.25, -0.2) is 0 Å². The summed E-state index contributed by atoms with van der Waals surface area (Å²) < 4.78 is 0. The number of para-hydroxylation sites is 2. The number of aryl methyl sites for hydroxylation is 1. The first-order chi connectivity index (χ1) is 10.1. The number of aromatic nitrogens is 1. The van der Waals surface area contributed by atoms with Crippen molar-refractivity contribution >= 4 is 16.6 Å². The van der Waals surface area contributed by atoms with Gasteiger partial charge in [-0.1, -0.05) is 23.8 Å². The van der Waals surface area contributed by atoms with Gasteiger partial charge in [0, 0.05) is 17.6 Å². The standard InChI is InChI=1S/C17H16N2O2/c1-11-6-7-14-12(8-11)9-13(17(21)19-14)10-18-15-4-2-3-5-16(15)20/h2-9,18,20H,10H2,1H3,(H,19,21). The van der Waals surface area contributed by atoms with Gasteiger partial charge in [0.25, 0.3) is 5.56 Å². The minimum Gasteiger partial charge on any atom is -0.506 e. The summed E-state index contributed by atoms with van der Waals surface area (Å²) in [6, 6.07) is 14.8. The van der Waals surface area contributed by atoms with Crippen molar-refractivity contribution < 1.29 is 5.11 Å². The SMILES string of the molecule is Cc1ccc2[nH]c(=O)c(CNc3ccccc3O)cc2c1. The molecule has 4 heteroatoms. The van der Waals surface area contributed by atoms with E-state index in [2.05, 4.69) is 10.3 Å². The van der Waals surface area contributed by atoms with Gasteiger partial charge in [-0.05, 0) is 42.6 Å². The number of aromatic hydroxyl groups is 1. The van der Waals surface area contributed by atoms with Gasteiger partial charge in [0.2, 0.25) is 0 Å². The first-order valence-corrected chi connectivity index (χ1v) is 6.78. The number of anilines is 1. The lowest BCUT2D eigenvalue weighted by Crippen LogP contribution is -2.15. The van der Waals surface area contributed by atoms with Crippen LogP contribution in [0, 0.1) is 6.92 Å². The van der Waals surface area contributed by atoms with Gasteiger partial charge >= 0.3 is 0 Å². The predicted octanol–water partition coefficient (Wildman–Crippen LogP) is 3.15. The van der Waals surface area contributed by atoms with E-state index in [-0.39, 0.29) is 11.3 Å². The molecule has 3 N–H and O–H groups in total. The Bertz CT molecular complexity index is 853. The summed E-state index contributed by atoms with van der Waals surface area (Å²) in [4.78, 5) is 14.9. The van der Waals surface area contributed by atoms with Crippen LogP contribution in [0.2, 0.25) is 0 Å². The highest BCUT2D eigenvalue weighted by Gasteiger charge is 2.05. The van der Waals surface area contributed by atoms with Crippen LogP contribution in [-0.4, -0.2) is 10.1 Å². The van der Waals surface area contributed by atoms with Crippen molar-refractivity contribution in [3.05, 3.63) is 70.0 Å². The van der Waals surface area contributed by atoms with Crippen molar-refractivity contribution in [3.63, 3.8) is 0 Å². The fourth-order valence-electron chi connectivity index (χ4n) is 2.32. The Morgan fingerprint density at radius 1 is 1.14 bits per heavy atom. The minimum atomic E-state index is -0.116. The molecule has 0 amide bonds. The second-order valence-corrected chi connectivity index (χ2v) is 5.09. The zero-order chi connectivity index (χ0) is 14.8. The lowest BCUT2D eigenvalue weighted by molar-refractivity contribution is 0.477. The van der Waals surface area contributed by atoms with E-state index in [1.807, 2.05) is 37.3 Å². The van der Waals surface area contributed by atoms with Gasteiger partial charge in [0.15, 0.2) is 0 Å². The van der Waals surface area contributed by atoms with Gasteiger partial charge in [-0.2, -0.15) is 0 Å². The van der Waals surface area contributed by atoms with E-state index < -0.39 is 0 Å². The number of hydrogen-bond donors (Lipinski definition) is 3. The summed E-state index contributed by atoms with van der Waals surface area (Å²) >= 11 is 0. The molecule has 4 nitrogen and oxygen atoms in total. The van der Waals surface area contributed by atoms with Crippen molar-refractivity contribution in [3.8, 4) is 5.75 Å². The third-order valence-corrected chi connectivity index (χ3v) is 3.45. The van der Waals surface area contributed by atoms with Crippen LogP contribution in [-0.2, 0) is 6.54 Å². The molecule has 0 aliphatic heterocycles. The van der Waals surface area contributed by atoms with Gasteiger partial charge in [-0.15, -0.1) is 0 Å². The molecule has 0 saturated heterocycles. The van der Waals surface area contributed by atoms with E-state index in [1.165, 1.54) is 0 Å². The molecule has 0 spiro atoms. The second-order valence-electron chi connectivity index (χ2n) is 5.09. The number of hydrogen-bond acceptors (Lipinski definition) is 3. The van der Waals surface area contributed by atoms with Crippen LogP contribution < -0.4 is 10.9 Å². The fraction of sp³-hybridized carbons (Fsp3) is 0.118. The smallest absolute Gasteiger partial charge is 0.253 e. The molecule has 1 aromatic heterocycles. The van der Waals surface area contributed by atoms with Crippen molar-refractivity contribution in [2.45, 2.75) is 13.5 Å². The topological polar surface area (TPSA) is 65.1 Å². The first kappa shape index (κ1) is 13.2. The summed E-state index contributed by atoms with van der Waals surface area (Å²) in [5.74, 6) is 0.172. The molecule has 3 rings (SSSR count). The Labute approximate surface area is 122 Å². The van der Waals surface area contributed by atoms with E-state index >= 15 is 0 Å². The molecule has 0 atom stereocenters. The molecule has 0 saturated carbocycles. The summed E-state index contributed by atoms with van der Waals surface area (Å²) in [5, 5.41) is 13.8. The normalized spacial score (nSPS) is 10.7. The molecule has 0 fully saturated rings. The lowest BCUT2D eigenvalue weighted by atomic mass is 10.1. The molecular weight excluding hydrogens is 264 g/mol. The molecule has 0 radical (unpaired) electrons. The maximum atomic E-state index is 12.1. The Kier molecular flexibility index (Phi) is 3.36. The fourth-order valence-corrected chi connectivity index (χ4v) is 2.32. The average Bonchev–Trinajstić information content (AvgIpc) is 2.47. The quantitative estimate of drug-likeness (QED) is 0.646. The minimum absolute atomic E-state index is 0.116. The number of benzene rings is 2. The molecule has 0 aliphatic carbocycles. The third kappa shape index (κ3) is 2.74. The molecule has 0 unspecified atom stereocenters. The van der Waals surface area contributed by atoms with E-state index in [9.17, 15) is 9.90 Å². The van der Waals surface area contributed by atoms with Crippen molar-refractivity contribution in [2.24, 2.45) is 0 Å². The molecule has 2 aromatic carbocycles. The average molecular weight is 280 g/mol. The van der Waals surface area contributed by atoms with Crippen LogP contribution in [0.15, 0.2) is 53.3 Å². The van der Waals surface area contributed by atoms with Gasteiger partial charge in [0.1, 0.15) is 5.75 Å². The summed E-state index contributed by atoms with van der Waals surface area (Å²) in [6.07, 6.45) is 0. The molecular formula is C17H16N2O2. The van der Waals surface area contributed by atoms with E-state index in [0.717, 1.165) is 16.5 Å². The van der Waals surface area contributed by atoms with Gasteiger partial charge in [0.05, 0.1) is 5.69 Å². The maximum absolute atomic E-state index is 12.1. The van der Waals surface area contributed by atoms with Crippen LogP contribution in [0.4, 0.5) is 5.69 Å². The number of phenolic OH excluding ortho intramolecular Hbond substituents is 1. The summed E-state index contributed by atoms with van der Waals surface area (Å²) in [7, 11) is 0. The van der Waals surface area contributed by atoms with E-state index in [0.29, 0.717) is 17.8 Å². The lowest BCUT2D eigenvalue weighted by Gasteiger charge is -2.08. The number of fused-ring (bicyclic) bond motifs is 1. The largest absolute Gasteiger partial charge is 0.506 e. The number of rotatable bonds is 3. The molecule has 0 bridgehead atoms. The van der Waals surface area contributed by atoms with Crippen molar-refractivity contribution in [2.75, 3.05) is 5.32 Å².